The molecule has 0 aliphatic heterocycles. The Kier molecular flexibility index (Phi) is 6.32. The third-order valence-corrected chi connectivity index (χ3v) is 2.42. The van der Waals surface area contributed by atoms with E-state index in [1.807, 2.05) is 0 Å². The summed E-state index contributed by atoms with van der Waals surface area (Å²) in [5, 5.41) is 17.7. The van der Waals surface area contributed by atoms with Crippen LogP contribution in [0.25, 0.3) is 0 Å². The number of anilines is 1. The standard InChI is InChI=1S/C12H14N4O5/c17-8-13-6-3-7-14-11(18)12(19)15-9-4-1-2-5-10(9)16(20)21/h1-2,4-5,8H,3,6-7H2,(H,13,17)(H,14,18)(H,15,19). The summed E-state index contributed by atoms with van der Waals surface area (Å²) in [5.74, 6) is -1.90. The van der Waals surface area contributed by atoms with Gasteiger partial charge < -0.3 is 16.0 Å². The fourth-order valence-corrected chi connectivity index (χ4v) is 1.45. The predicted octanol–water partition coefficient (Wildman–Crippen LogP) is -0.214. The Hall–Kier alpha value is -2.97. The molecule has 1 aromatic carbocycles. The molecule has 0 saturated carbocycles. The van der Waals surface area contributed by atoms with E-state index in [0.29, 0.717) is 19.4 Å². The first kappa shape index (κ1) is 16.1. The van der Waals surface area contributed by atoms with E-state index >= 15 is 0 Å². The van der Waals surface area contributed by atoms with Gasteiger partial charge in [0.25, 0.3) is 5.69 Å². The number of nitrogens with zero attached hydrogens (tertiary/aromatic N) is 1. The van der Waals surface area contributed by atoms with Crippen LogP contribution in [0.15, 0.2) is 24.3 Å². The average Bonchev–Trinajstić information content (AvgIpc) is 2.47. The number of carbonyl (C=O) groups is 3. The highest BCUT2D eigenvalue weighted by Crippen LogP contribution is 2.22. The van der Waals surface area contributed by atoms with Crippen LogP contribution in [0.4, 0.5) is 11.4 Å². The zero-order valence-corrected chi connectivity index (χ0v) is 11.0. The number of hydrogen-bond donors (Lipinski definition) is 3. The molecule has 9 nitrogen and oxygen atoms in total. The molecule has 3 N–H and O–H groups in total. The summed E-state index contributed by atoms with van der Waals surface area (Å²) in [5.41, 5.74) is -0.348. The van der Waals surface area contributed by atoms with E-state index in [4.69, 9.17) is 0 Å². The van der Waals surface area contributed by atoms with Gasteiger partial charge in [-0.15, -0.1) is 0 Å². The molecular formula is C12H14N4O5. The van der Waals surface area contributed by atoms with Gasteiger partial charge in [-0.05, 0) is 12.5 Å². The van der Waals surface area contributed by atoms with Gasteiger partial charge in [-0.2, -0.15) is 0 Å². The number of para-hydroxylation sites is 2. The van der Waals surface area contributed by atoms with Crippen LogP contribution in [0.1, 0.15) is 6.42 Å². The van der Waals surface area contributed by atoms with Crippen molar-refractivity contribution in [3.63, 3.8) is 0 Å². The van der Waals surface area contributed by atoms with Crippen molar-refractivity contribution in [2.24, 2.45) is 0 Å². The smallest absolute Gasteiger partial charge is 0.313 e. The molecule has 21 heavy (non-hydrogen) atoms. The van der Waals surface area contributed by atoms with Crippen molar-refractivity contribution in [2.75, 3.05) is 18.4 Å². The Bertz CT molecular complexity index is 546. The zero-order chi connectivity index (χ0) is 15.7. The van der Waals surface area contributed by atoms with Crippen LogP contribution in [0.3, 0.4) is 0 Å². The summed E-state index contributed by atoms with van der Waals surface area (Å²) in [6.45, 7) is 0.569. The maximum atomic E-state index is 11.6. The van der Waals surface area contributed by atoms with E-state index in [-0.39, 0.29) is 17.9 Å². The van der Waals surface area contributed by atoms with Gasteiger partial charge in [0.15, 0.2) is 0 Å². The summed E-state index contributed by atoms with van der Waals surface area (Å²) in [6, 6.07) is 5.51. The van der Waals surface area contributed by atoms with Crippen LogP contribution in [-0.4, -0.2) is 36.2 Å². The van der Waals surface area contributed by atoms with Gasteiger partial charge in [-0.1, -0.05) is 12.1 Å². The molecule has 9 heteroatoms. The third kappa shape index (κ3) is 5.27. The van der Waals surface area contributed by atoms with E-state index in [9.17, 15) is 24.5 Å². The maximum Gasteiger partial charge on any atom is 0.313 e. The fourth-order valence-electron chi connectivity index (χ4n) is 1.45. The lowest BCUT2D eigenvalue weighted by molar-refractivity contribution is -0.383. The second-order valence-electron chi connectivity index (χ2n) is 3.91. The lowest BCUT2D eigenvalue weighted by Gasteiger charge is -2.06. The Morgan fingerprint density at radius 1 is 1.19 bits per heavy atom. The minimum atomic E-state index is -0.993. The minimum Gasteiger partial charge on any atom is -0.359 e. The second kappa shape index (κ2) is 8.25. The summed E-state index contributed by atoms with van der Waals surface area (Å²) in [7, 11) is 0. The van der Waals surface area contributed by atoms with Crippen LogP contribution in [-0.2, 0) is 14.4 Å². The van der Waals surface area contributed by atoms with Gasteiger partial charge in [-0.25, -0.2) is 0 Å². The number of benzene rings is 1. The van der Waals surface area contributed by atoms with Gasteiger partial charge in [0.1, 0.15) is 5.69 Å². The number of hydrogen-bond acceptors (Lipinski definition) is 5. The summed E-state index contributed by atoms with van der Waals surface area (Å²) >= 11 is 0. The van der Waals surface area contributed by atoms with E-state index in [1.165, 1.54) is 24.3 Å². The van der Waals surface area contributed by atoms with Crippen molar-refractivity contribution in [1.29, 1.82) is 0 Å². The van der Waals surface area contributed by atoms with Crippen LogP contribution in [0.5, 0.6) is 0 Å². The van der Waals surface area contributed by atoms with Gasteiger partial charge >= 0.3 is 11.8 Å². The molecule has 0 radical (unpaired) electrons. The zero-order valence-electron chi connectivity index (χ0n) is 11.0. The van der Waals surface area contributed by atoms with Gasteiger partial charge in [0.05, 0.1) is 4.92 Å². The lowest BCUT2D eigenvalue weighted by atomic mass is 10.2. The van der Waals surface area contributed by atoms with Gasteiger partial charge in [0, 0.05) is 19.2 Å². The molecular weight excluding hydrogens is 280 g/mol. The quantitative estimate of drug-likeness (QED) is 0.210. The van der Waals surface area contributed by atoms with Crippen LogP contribution in [0.2, 0.25) is 0 Å². The normalized spacial score (nSPS) is 9.52. The second-order valence-corrected chi connectivity index (χ2v) is 3.91. The third-order valence-electron chi connectivity index (χ3n) is 2.42. The van der Waals surface area contributed by atoms with Crippen LogP contribution >= 0.6 is 0 Å². The number of nitrogens with one attached hydrogen (secondary N) is 3. The number of nitro groups is 1. The number of amides is 3. The summed E-state index contributed by atoms with van der Waals surface area (Å²) in [4.78, 5) is 43.2. The molecule has 3 amide bonds. The first-order chi connectivity index (χ1) is 10.1. The Morgan fingerprint density at radius 3 is 2.57 bits per heavy atom. The SMILES string of the molecule is O=CNCCCNC(=O)C(=O)Nc1ccccc1[N+](=O)[O-]. The Balaban J connectivity index is 2.51. The molecule has 1 rings (SSSR count). The molecule has 0 saturated heterocycles. The highest BCUT2D eigenvalue weighted by molar-refractivity contribution is 6.39. The molecule has 112 valence electrons. The largest absolute Gasteiger partial charge is 0.359 e. The lowest BCUT2D eigenvalue weighted by Crippen LogP contribution is -2.36. The average molecular weight is 294 g/mol. The summed E-state index contributed by atoms with van der Waals surface area (Å²) < 4.78 is 0. The molecule has 0 aliphatic rings. The first-order valence-electron chi connectivity index (χ1n) is 6.06. The minimum absolute atomic E-state index is 0.0507. The monoisotopic (exact) mass is 294 g/mol. The Labute approximate surface area is 119 Å². The number of rotatable bonds is 7. The number of carbonyl (C=O) groups excluding carboxylic acids is 3. The van der Waals surface area contributed by atoms with Crippen molar-refractivity contribution >= 4 is 29.6 Å². The first-order valence-corrected chi connectivity index (χ1v) is 6.06. The maximum absolute atomic E-state index is 11.6. The van der Waals surface area contributed by atoms with Crippen molar-refractivity contribution in [3.8, 4) is 0 Å². The van der Waals surface area contributed by atoms with E-state index < -0.39 is 16.7 Å². The highest BCUT2D eigenvalue weighted by Gasteiger charge is 2.18. The molecule has 1 aromatic rings. The molecule has 0 fully saturated rings. The van der Waals surface area contributed by atoms with E-state index in [0.717, 1.165) is 0 Å². The van der Waals surface area contributed by atoms with Gasteiger partial charge in [0.2, 0.25) is 6.41 Å². The molecule has 0 aromatic heterocycles. The topological polar surface area (TPSA) is 130 Å². The molecule has 0 atom stereocenters. The Morgan fingerprint density at radius 2 is 1.90 bits per heavy atom. The van der Waals surface area contributed by atoms with Crippen molar-refractivity contribution < 1.29 is 19.3 Å². The molecule has 0 bridgehead atoms. The molecule has 0 unspecified atom stereocenters. The van der Waals surface area contributed by atoms with Crippen molar-refractivity contribution in [2.45, 2.75) is 6.42 Å². The van der Waals surface area contributed by atoms with Crippen LogP contribution < -0.4 is 16.0 Å². The number of nitro benzene ring substituents is 1. The summed E-state index contributed by atoms with van der Waals surface area (Å²) in [6.07, 6.45) is 0.992. The van der Waals surface area contributed by atoms with E-state index in [1.54, 1.807) is 0 Å². The predicted molar refractivity (Wildman–Crippen MR) is 73.4 cm³/mol. The molecule has 0 spiro atoms. The van der Waals surface area contributed by atoms with Crippen molar-refractivity contribution in [1.82, 2.24) is 10.6 Å². The van der Waals surface area contributed by atoms with Gasteiger partial charge in [-0.3, -0.25) is 24.5 Å². The highest BCUT2D eigenvalue weighted by atomic mass is 16.6. The fraction of sp³-hybridized carbons (Fsp3) is 0.250. The molecule has 0 aliphatic carbocycles. The molecule has 0 heterocycles. The van der Waals surface area contributed by atoms with Crippen LogP contribution in [0, 0.1) is 10.1 Å². The van der Waals surface area contributed by atoms with Crippen molar-refractivity contribution in [3.05, 3.63) is 34.4 Å². The van der Waals surface area contributed by atoms with E-state index in [2.05, 4.69) is 16.0 Å².